The van der Waals surface area contributed by atoms with Gasteiger partial charge in [0.1, 0.15) is 0 Å². The summed E-state index contributed by atoms with van der Waals surface area (Å²) in [5.74, 6) is -0.984. The van der Waals surface area contributed by atoms with E-state index in [1.807, 2.05) is 11.4 Å². The molecule has 1 heterocycles. The molecule has 0 spiro atoms. The number of nitrogens with two attached hydrogens (primary N) is 1. The van der Waals surface area contributed by atoms with Crippen LogP contribution in [0.2, 0.25) is 0 Å². The van der Waals surface area contributed by atoms with Crippen molar-refractivity contribution in [1.82, 2.24) is 0 Å². The monoisotopic (exact) mass is 312 g/mol. The molecule has 2 aromatic rings. The summed E-state index contributed by atoms with van der Waals surface area (Å²) in [5, 5.41) is 14.8. The molecule has 0 saturated heterocycles. The van der Waals surface area contributed by atoms with Gasteiger partial charge in [-0.15, -0.1) is 11.3 Å². The molecule has 0 saturated carbocycles. The third-order valence-corrected chi connectivity index (χ3v) is 3.73. The Hall–Kier alpha value is -1.53. The first kappa shape index (κ1) is 11.9. The van der Waals surface area contributed by atoms with Crippen LogP contribution in [0.1, 0.15) is 10.4 Å². The second-order valence-corrected chi connectivity index (χ2v) is 5.19. The number of rotatable bonds is 3. The van der Waals surface area contributed by atoms with Gasteiger partial charge in [0, 0.05) is 9.85 Å². The molecule has 0 atom stereocenters. The third kappa shape index (κ3) is 2.78. The van der Waals surface area contributed by atoms with E-state index >= 15 is 0 Å². The number of halogens is 1. The summed E-state index contributed by atoms with van der Waals surface area (Å²) < 4.78 is 0.991. The molecule has 0 aliphatic heterocycles. The van der Waals surface area contributed by atoms with E-state index in [-0.39, 0.29) is 5.56 Å². The smallest absolute Gasteiger partial charge is 0.335 e. The van der Waals surface area contributed by atoms with Crippen molar-refractivity contribution < 1.29 is 9.90 Å². The molecule has 0 radical (unpaired) electrons. The average molecular weight is 313 g/mol. The molecule has 1 aromatic heterocycles. The first-order valence-corrected chi connectivity index (χ1v) is 6.37. The van der Waals surface area contributed by atoms with Gasteiger partial charge in [0.25, 0.3) is 0 Å². The van der Waals surface area contributed by atoms with Crippen LogP contribution in [0.5, 0.6) is 0 Å². The van der Waals surface area contributed by atoms with E-state index in [2.05, 4.69) is 21.2 Å². The maximum Gasteiger partial charge on any atom is 0.335 e. The number of thiophene rings is 1. The fraction of sp³-hybridized carbons (Fsp3) is 0. The molecule has 2 rings (SSSR count). The van der Waals surface area contributed by atoms with Crippen molar-refractivity contribution in [2.45, 2.75) is 0 Å². The molecule has 0 unspecified atom stereocenters. The Kier molecular flexibility index (Phi) is 3.35. The quantitative estimate of drug-likeness (QED) is 0.758. The van der Waals surface area contributed by atoms with Gasteiger partial charge < -0.3 is 16.2 Å². The molecule has 6 heteroatoms. The lowest BCUT2D eigenvalue weighted by atomic mass is 10.2. The number of carbonyl (C=O) groups is 1. The van der Waals surface area contributed by atoms with Gasteiger partial charge in [0.15, 0.2) is 0 Å². The Morgan fingerprint density at radius 1 is 1.41 bits per heavy atom. The van der Waals surface area contributed by atoms with Crippen molar-refractivity contribution in [2.24, 2.45) is 0 Å². The number of carboxylic acids is 1. The first-order valence-electron chi connectivity index (χ1n) is 4.70. The van der Waals surface area contributed by atoms with Crippen LogP contribution in [0.15, 0.2) is 34.1 Å². The van der Waals surface area contributed by atoms with Crippen molar-refractivity contribution in [3.05, 3.63) is 39.7 Å². The van der Waals surface area contributed by atoms with Gasteiger partial charge in [0.05, 0.1) is 21.9 Å². The summed E-state index contributed by atoms with van der Waals surface area (Å²) in [4.78, 5) is 10.7. The molecule has 4 nitrogen and oxygen atoms in total. The zero-order chi connectivity index (χ0) is 12.4. The lowest BCUT2D eigenvalue weighted by Gasteiger charge is -2.07. The van der Waals surface area contributed by atoms with E-state index in [0.29, 0.717) is 11.4 Å². The lowest BCUT2D eigenvalue weighted by molar-refractivity contribution is 0.0697. The molecular formula is C11H9BrN2O2S. The van der Waals surface area contributed by atoms with E-state index in [1.165, 1.54) is 23.5 Å². The molecule has 4 N–H and O–H groups in total. The lowest BCUT2D eigenvalue weighted by Crippen LogP contribution is -2.00. The fourth-order valence-corrected chi connectivity index (χ4v) is 2.65. The topological polar surface area (TPSA) is 75.4 Å². The van der Waals surface area contributed by atoms with Crippen molar-refractivity contribution in [2.75, 3.05) is 11.1 Å². The maximum atomic E-state index is 10.7. The minimum atomic E-state index is -0.984. The summed E-state index contributed by atoms with van der Waals surface area (Å²) in [6.07, 6.45) is 0. The number of hydrogen-bond acceptors (Lipinski definition) is 4. The minimum Gasteiger partial charge on any atom is -0.478 e. The van der Waals surface area contributed by atoms with Crippen molar-refractivity contribution in [3.8, 4) is 0 Å². The maximum absolute atomic E-state index is 10.7. The second kappa shape index (κ2) is 4.77. The number of hydrogen-bond donors (Lipinski definition) is 3. The largest absolute Gasteiger partial charge is 0.478 e. The van der Waals surface area contributed by atoms with Crippen LogP contribution >= 0.6 is 27.3 Å². The highest BCUT2D eigenvalue weighted by molar-refractivity contribution is 9.10. The van der Waals surface area contributed by atoms with Crippen LogP contribution in [-0.4, -0.2) is 11.1 Å². The van der Waals surface area contributed by atoms with E-state index in [1.54, 1.807) is 6.07 Å². The second-order valence-electron chi connectivity index (χ2n) is 3.36. The summed E-state index contributed by atoms with van der Waals surface area (Å²) in [6, 6.07) is 6.54. The Bertz CT molecular complexity index is 568. The summed E-state index contributed by atoms with van der Waals surface area (Å²) in [6.45, 7) is 0. The Balaban J connectivity index is 2.25. The first-order chi connectivity index (χ1) is 8.06. The normalized spacial score (nSPS) is 10.2. The van der Waals surface area contributed by atoms with E-state index in [0.717, 1.165) is 9.47 Å². The van der Waals surface area contributed by atoms with Gasteiger partial charge in [-0.05, 0) is 40.2 Å². The highest BCUT2D eigenvalue weighted by atomic mass is 79.9. The van der Waals surface area contributed by atoms with Crippen LogP contribution in [0.25, 0.3) is 0 Å². The zero-order valence-electron chi connectivity index (χ0n) is 8.61. The van der Waals surface area contributed by atoms with Crippen LogP contribution < -0.4 is 11.1 Å². The number of aromatic carboxylic acids is 1. The van der Waals surface area contributed by atoms with Crippen molar-refractivity contribution >= 4 is 49.6 Å². The molecule has 1 aromatic carbocycles. The molecule has 88 valence electrons. The molecule has 17 heavy (non-hydrogen) atoms. The number of benzene rings is 1. The van der Waals surface area contributed by atoms with Gasteiger partial charge in [0.2, 0.25) is 0 Å². The number of nitrogen functional groups attached to an aromatic ring is 1. The van der Waals surface area contributed by atoms with Gasteiger partial charge in [-0.3, -0.25) is 0 Å². The fourth-order valence-electron chi connectivity index (χ4n) is 1.32. The predicted molar refractivity (Wildman–Crippen MR) is 73.1 cm³/mol. The van der Waals surface area contributed by atoms with E-state index in [9.17, 15) is 4.79 Å². The van der Waals surface area contributed by atoms with Crippen LogP contribution in [-0.2, 0) is 0 Å². The van der Waals surface area contributed by atoms with Gasteiger partial charge in [-0.25, -0.2) is 4.79 Å². The summed E-state index contributed by atoms with van der Waals surface area (Å²) in [5.41, 5.74) is 7.07. The standard InChI is InChI=1S/C11H9BrN2O2S/c12-7-4-10(17-5-7)14-9-2-1-6(11(15)16)3-8(9)13/h1-5,14H,13H2,(H,15,16). The average Bonchev–Trinajstić information content (AvgIpc) is 2.67. The molecule has 0 aliphatic carbocycles. The molecule has 0 bridgehead atoms. The SMILES string of the molecule is Nc1cc(C(=O)O)ccc1Nc1cc(Br)cs1. The van der Waals surface area contributed by atoms with E-state index in [4.69, 9.17) is 10.8 Å². The molecule has 0 amide bonds. The number of nitrogens with one attached hydrogen (secondary N) is 1. The third-order valence-electron chi connectivity index (χ3n) is 2.12. The van der Waals surface area contributed by atoms with Gasteiger partial charge in [-0.2, -0.15) is 0 Å². The minimum absolute atomic E-state index is 0.181. The van der Waals surface area contributed by atoms with Crippen LogP contribution in [0.4, 0.5) is 16.4 Å². The van der Waals surface area contributed by atoms with Gasteiger partial charge in [-0.1, -0.05) is 0 Å². The summed E-state index contributed by atoms with van der Waals surface area (Å²) in [7, 11) is 0. The Labute approximate surface area is 110 Å². The highest BCUT2D eigenvalue weighted by Gasteiger charge is 2.07. The van der Waals surface area contributed by atoms with Crippen molar-refractivity contribution in [1.29, 1.82) is 0 Å². The number of anilines is 3. The predicted octanol–water partition coefficient (Wildman–Crippen LogP) is 3.53. The molecular weight excluding hydrogens is 304 g/mol. The Morgan fingerprint density at radius 3 is 2.71 bits per heavy atom. The van der Waals surface area contributed by atoms with Crippen molar-refractivity contribution in [3.63, 3.8) is 0 Å². The summed E-state index contributed by atoms with van der Waals surface area (Å²) >= 11 is 4.89. The molecule has 0 aliphatic rings. The Morgan fingerprint density at radius 2 is 2.18 bits per heavy atom. The van der Waals surface area contributed by atoms with Crippen LogP contribution in [0, 0.1) is 0 Å². The van der Waals surface area contributed by atoms with Gasteiger partial charge >= 0.3 is 5.97 Å². The number of carboxylic acid groups (broad SMARTS) is 1. The highest BCUT2D eigenvalue weighted by Crippen LogP contribution is 2.30. The molecule has 0 fully saturated rings. The van der Waals surface area contributed by atoms with Crippen LogP contribution in [0.3, 0.4) is 0 Å². The zero-order valence-corrected chi connectivity index (χ0v) is 11.0. The van der Waals surface area contributed by atoms with E-state index < -0.39 is 5.97 Å².